The van der Waals surface area contributed by atoms with Gasteiger partial charge in [0.2, 0.25) is 10.0 Å². The van der Waals surface area contributed by atoms with Crippen molar-refractivity contribution in [2.24, 2.45) is 7.05 Å². The number of hydrogen-bond acceptors (Lipinski definition) is 6. The molecule has 124 valence electrons. The molecular formula is C14H20N6O2S. The van der Waals surface area contributed by atoms with Crippen molar-refractivity contribution in [1.29, 1.82) is 0 Å². The zero-order valence-electron chi connectivity index (χ0n) is 13.0. The molecule has 2 aliphatic rings. The Morgan fingerprint density at radius 1 is 1.13 bits per heavy atom. The van der Waals surface area contributed by atoms with E-state index in [4.69, 9.17) is 0 Å². The van der Waals surface area contributed by atoms with Crippen molar-refractivity contribution in [3.05, 3.63) is 12.7 Å². The standard InChI is InChI=1S/C14H20N6O2S/c1-19-9-17-12-13(19)15-8-16-14(12)20-6-4-10(5-7-20)18-23(21,22)11-2-3-11/h8-11,18H,2-7H2,1H3. The highest BCUT2D eigenvalue weighted by atomic mass is 32.2. The van der Waals surface area contributed by atoms with Gasteiger partial charge in [-0.3, -0.25) is 0 Å². The molecule has 1 N–H and O–H groups in total. The molecule has 1 aliphatic carbocycles. The first-order valence-electron chi connectivity index (χ1n) is 7.93. The van der Waals surface area contributed by atoms with E-state index in [-0.39, 0.29) is 11.3 Å². The number of piperidine rings is 1. The molecule has 0 atom stereocenters. The second-order valence-electron chi connectivity index (χ2n) is 6.35. The summed E-state index contributed by atoms with van der Waals surface area (Å²) >= 11 is 0. The van der Waals surface area contributed by atoms with Gasteiger partial charge >= 0.3 is 0 Å². The summed E-state index contributed by atoms with van der Waals surface area (Å²) in [6, 6.07) is 0.0258. The van der Waals surface area contributed by atoms with E-state index in [1.54, 1.807) is 12.7 Å². The molecule has 1 aliphatic heterocycles. The lowest BCUT2D eigenvalue weighted by Gasteiger charge is -2.33. The van der Waals surface area contributed by atoms with Gasteiger partial charge in [-0.15, -0.1) is 0 Å². The monoisotopic (exact) mass is 336 g/mol. The number of rotatable bonds is 4. The van der Waals surface area contributed by atoms with Crippen LogP contribution in [0.2, 0.25) is 0 Å². The number of sulfonamides is 1. The fourth-order valence-electron chi connectivity index (χ4n) is 3.08. The summed E-state index contributed by atoms with van der Waals surface area (Å²) in [5, 5.41) is -0.157. The molecule has 1 saturated carbocycles. The topological polar surface area (TPSA) is 93.0 Å². The third kappa shape index (κ3) is 2.78. The van der Waals surface area contributed by atoms with Gasteiger partial charge in [0.1, 0.15) is 6.33 Å². The maximum atomic E-state index is 12.0. The number of aromatic nitrogens is 4. The summed E-state index contributed by atoms with van der Waals surface area (Å²) in [6.07, 6.45) is 6.45. The van der Waals surface area contributed by atoms with Gasteiger partial charge in [-0.2, -0.15) is 0 Å². The van der Waals surface area contributed by atoms with Crippen LogP contribution in [0.5, 0.6) is 0 Å². The molecule has 0 aromatic carbocycles. The molecule has 0 spiro atoms. The Morgan fingerprint density at radius 2 is 1.87 bits per heavy atom. The lowest BCUT2D eigenvalue weighted by atomic mass is 10.1. The SMILES string of the molecule is Cn1cnc2c(N3CCC(NS(=O)(=O)C4CC4)CC3)ncnc21. The number of anilines is 1. The number of aryl methyl sites for hydroxylation is 1. The Hall–Kier alpha value is -1.74. The summed E-state index contributed by atoms with van der Waals surface area (Å²) in [7, 11) is -1.20. The van der Waals surface area contributed by atoms with E-state index >= 15 is 0 Å². The van der Waals surface area contributed by atoms with Crippen LogP contribution in [0.15, 0.2) is 12.7 Å². The average Bonchev–Trinajstić information content (AvgIpc) is 3.33. The Balaban J connectivity index is 1.46. The largest absolute Gasteiger partial charge is 0.355 e. The second kappa shape index (κ2) is 5.41. The smallest absolute Gasteiger partial charge is 0.214 e. The van der Waals surface area contributed by atoms with Crippen molar-refractivity contribution < 1.29 is 8.42 Å². The minimum Gasteiger partial charge on any atom is -0.355 e. The molecule has 9 heteroatoms. The fraction of sp³-hybridized carbons (Fsp3) is 0.643. The van der Waals surface area contributed by atoms with E-state index < -0.39 is 10.0 Å². The first-order chi connectivity index (χ1) is 11.0. The molecule has 2 fully saturated rings. The lowest BCUT2D eigenvalue weighted by molar-refractivity contribution is 0.458. The van der Waals surface area contributed by atoms with E-state index in [1.165, 1.54) is 0 Å². The number of fused-ring (bicyclic) bond motifs is 1. The van der Waals surface area contributed by atoms with Crippen molar-refractivity contribution in [2.75, 3.05) is 18.0 Å². The van der Waals surface area contributed by atoms with Crippen LogP contribution >= 0.6 is 0 Å². The molecule has 0 radical (unpaired) electrons. The molecule has 2 aromatic heterocycles. The normalized spacial score (nSPS) is 20.3. The zero-order valence-corrected chi connectivity index (χ0v) is 13.8. The Kier molecular flexibility index (Phi) is 3.49. The van der Waals surface area contributed by atoms with Gasteiger partial charge in [0.25, 0.3) is 0 Å². The number of nitrogens with one attached hydrogen (secondary N) is 1. The minimum absolute atomic E-state index is 0.0258. The highest BCUT2D eigenvalue weighted by Gasteiger charge is 2.37. The van der Waals surface area contributed by atoms with Gasteiger partial charge in [-0.1, -0.05) is 0 Å². The van der Waals surface area contributed by atoms with Crippen LogP contribution in [-0.4, -0.2) is 52.3 Å². The number of hydrogen-bond donors (Lipinski definition) is 1. The van der Waals surface area contributed by atoms with Crippen molar-refractivity contribution in [3.63, 3.8) is 0 Å². The summed E-state index contributed by atoms with van der Waals surface area (Å²) in [5.74, 6) is 0.833. The van der Waals surface area contributed by atoms with Crippen LogP contribution in [-0.2, 0) is 17.1 Å². The zero-order chi connectivity index (χ0) is 16.0. The van der Waals surface area contributed by atoms with Crippen LogP contribution < -0.4 is 9.62 Å². The maximum absolute atomic E-state index is 12.0. The van der Waals surface area contributed by atoms with Crippen molar-refractivity contribution in [2.45, 2.75) is 37.0 Å². The molecule has 8 nitrogen and oxygen atoms in total. The quantitative estimate of drug-likeness (QED) is 0.869. The summed E-state index contributed by atoms with van der Waals surface area (Å²) < 4.78 is 28.8. The molecule has 23 heavy (non-hydrogen) atoms. The third-order valence-corrected chi connectivity index (χ3v) is 6.58. The first-order valence-corrected chi connectivity index (χ1v) is 9.47. The summed E-state index contributed by atoms with van der Waals surface area (Å²) in [5.41, 5.74) is 1.61. The van der Waals surface area contributed by atoms with Crippen molar-refractivity contribution in [3.8, 4) is 0 Å². The molecule has 1 saturated heterocycles. The van der Waals surface area contributed by atoms with E-state index in [0.717, 1.165) is 55.8 Å². The van der Waals surface area contributed by atoms with Crippen molar-refractivity contribution >= 4 is 27.0 Å². The van der Waals surface area contributed by atoms with E-state index in [1.807, 2.05) is 11.6 Å². The van der Waals surface area contributed by atoms with E-state index in [2.05, 4.69) is 24.6 Å². The molecule has 4 rings (SSSR count). The molecular weight excluding hydrogens is 316 g/mol. The maximum Gasteiger partial charge on any atom is 0.214 e. The van der Waals surface area contributed by atoms with E-state index in [9.17, 15) is 8.42 Å². The van der Waals surface area contributed by atoms with Gasteiger partial charge in [-0.05, 0) is 25.7 Å². The number of imidazole rings is 1. The molecule has 3 heterocycles. The summed E-state index contributed by atoms with van der Waals surface area (Å²) in [6.45, 7) is 1.53. The highest BCUT2D eigenvalue weighted by molar-refractivity contribution is 7.90. The van der Waals surface area contributed by atoms with E-state index in [0.29, 0.717) is 0 Å². The fourth-order valence-corrected chi connectivity index (χ4v) is 4.73. The van der Waals surface area contributed by atoms with Gasteiger partial charge < -0.3 is 9.47 Å². The Morgan fingerprint density at radius 3 is 2.57 bits per heavy atom. The van der Waals surface area contributed by atoms with Crippen LogP contribution in [0.1, 0.15) is 25.7 Å². The van der Waals surface area contributed by atoms with Gasteiger partial charge in [-0.25, -0.2) is 28.1 Å². The minimum atomic E-state index is -3.11. The first kappa shape index (κ1) is 14.8. The molecule has 0 bridgehead atoms. The van der Waals surface area contributed by atoms with Crippen molar-refractivity contribution in [1.82, 2.24) is 24.2 Å². The Bertz CT molecular complexity index is 821. The third-order valence-electron chi connectivity index (χ3n) is 4.57. The highest BCUT2D eigenvalue weighted by Crippen LogP contribution is 2.29. The molecule has 0 amide bonds. The van der Waals surface area contributed by atoms with Crippen LogP contribution in [0.4, 0.5) is 5.82 Å². The summed E-state index contributed by atoms with van der Waals surface area (Å²) in [4.78, 5) is 15.2. The number of nitrogens with zero attached hydrogens (tertiary/aromatic N) is 5. The Labute approximate surface area is 135 Å². The van der Waals surface area contributed by atoms with Gasteiger partial charge in [0.05, 0.1) is 11.6 Å². The van der Waals surface area contributed by atoms with Crippen LogP contribution in [0, 0.1) is 0 Å². The van der Waals surface area contributed by atoms with Crippen LogP contribution in [0.3, 0.4) is 0 Å². The van der Waals surface area contributed by atoms with Gasteiger partial charge in [0.15, 0.2) is 17.0 Å². The molecule has 2 aromatic rings. The van der Waals surface area contributed by atoms with Crippen LogP contribution in [0.25, 0.3) is 11.2 Å². The predicted octanol–water partition coefficient (Wildman–Crippen LogP) is 0.414. The second-order valence-corrected chi connectivity index (χ2v) is 8.34. The average molecular weight is 336 g/mol. The predicted molar refractivity (Wildman–Crippen MR) is 86.6 cm³/mol. The molecule has 0 unspecified atom stereocenters. The lowest BCUT2D eigenvalue weighted by Crippen LogP contribution is -2.45. The van der Waals surface area contributed by atoms with Gasteiger partial charge in [0, 0.05) is 26.2 Å².